The van der Waals surface area contributed by atoms with Gasteiger partial charge in [0.05, 0.1) is 16.1 Å². The first-order valence-corrected chi connectivity index (χ1v) is 6.27. The summed E-state index contributed by atoms with van der Waals surface area (Å²) in [6.45, 7) is 2.24. The fourth-order valence-corrected chi connectivity index (χ4v) is 1.91. The van der Waals surface area contributed by atoms with Crippen molar-refractivity contribution in [3.05, 3.63) is 40.8 Å². The Balaban J connectivity index is 2.46. The number of amides is 1. The molecule has 1 aromatic heterocycles. The summed E-state index contributed by atoms with van der Waals surface area (Å²) in [6.07, 6.45) is 1.26. The van der Waals surface area contributed by atoms with Crippen LogP contribution in [0.5, 0.6) is 0 Å². The fourth-order valence-electron chi connectivity index (χ4n) is 1.66. The third-order valence-corrected chi connectivity index (χ3v) is 2.90. The van der Waals surface area contributed by atoms with Crippen LogP contribution in [-0.4, -0.2) is 22.4 Å². The van der Waals surface area contributed by atoms with Gasteiger partial charge in [0.1, 0.15) is 11.6 Å². The summed E-state index contributed by atoms with van der Waals surface area (Å²) in [5.41, 5.74) is 5.91. The number of hydrogen-bond donors (Lipinski definition) is 2. The summed E-state index contributed by atoms with van der Waals surface area (Å²) >= 11 is 5.93. The lowest BCUT2D eigenvalue weighted by atomic mass is 10.2. The van der Waals surface area contributed by atoms with E-state index >= 15 is 0 Å². The Morgan fingerprint density at radius 2 is 2.25 bits per heavy atom. The number of nitrogen functional groups attached to an aromatic ring is 1. The number of nitrogens with zero attached hydrogens (tertiary/aromatic N) is 2. The Hall–Kier alpha value is -2.21. The maximum Gasteiger partial charge on any atom is 0.256 e. The second kappa shape index (κ2) is 5.83. The highest BCUT2D eigenvalue weighted by Crippen LogP contribution is 2.28. The first-order chi connectivity index (χ1) is 9.54. The number of rotatable bonds is 3. The number of halogens is 2. The molecule has 0 bridgehead atoms. The monoisotopic (exact) mass is 294 g/mol. The van der Waals surface area contributed by atoms with Crippen LogP contribution < -0.4 is 11.1 Å². The van der Waals surface area contributed by atoms with Crippen LogP contribution in [0.1, 0.15) is 17.3 Å². The van der Waals surface area contributed by atoms with Gasteiger partial charge in [-0.3, -0.25) is 4.79 Å². The van der Waals surface area contributed by atoms with Crippen LogP contribution in [0, 0.1) is 5.82 Å². The maximum atomic E-state index is 13.8. The van der Waals surface area contributed by atoms with Crippen molar-refractivity contribution in [3.63, 3.8) is 0 Å². The molecule has 0 unspecified atom stereocenters. The van der Waals surface area contributed by atoms with E-state index in [-0.39, 0.29) is 33.7 Å². The van der Waals surface area contributed by atoms with Crippen molar-refractivity contribution in [2.45, 2.75) is 6.92 Å². The molecule has 7 heteroatoms. The maximum absolute atomic E-state index is 13.8. The van der Waals surface area contributed by atoms with Gasteiger partial charge in [0.15, 0.2) is 5.82 Å². The van der Waals surface area contributed by atoms with Crippen LogP contribution in [0.2, 0.25) is 5.02 Å². The van der Waals surface area contributed by atoms with E-state index in [0.717, 1.165) is 0 Å². The van der Waals surface area contributed by atoms with Crippen LogP contribution in [0.4, 0.5) is 10.2 Å². The number of carbonyl (C=O) groups excluding carboxylic acids is 1. The number of nitrogens with two attached hydrogens (primary N) is 1. The summed E-state index contributed by atoms with van der Waals surface area (Å²) in [5.74, 6) is -0.919. The predicted molar refractivity (Wildman–Crippen MR) is 74.9 cm³/mol. The van der Waals surface area contributed by atoms with Gasteiger partial charge in [0.25, 0.3) is 5.91 Å². The van der Waals surface area contributed by atoms with Gasteiger partial charge in [-0.05, 0) is 19.1 Å². The van der Waals surface area contributed by atoms with E-state index in [1.54, 1.807) is 6.92 Å². The van der Waals surface area contributed by atoms with Crippen molar-refractivity contribution in [1.82, 2.24) is 15.3 Å². The topological polar surface area (TPSA) is 80.9 Å². The molecule has 0 spiro atoms. The standard InChI is InChI=1S/C13H12ClFN4O/c1-2-17-13(20)7-6-18-12(19-11(7)16)10-8(14)4-3-5-9(10)15/h3-6H,2H2,1H3,(H,17,20)(H2,16,18,19). The van der Waals surface area contributed by atoms with Crippen molar-refractivity contribution >= 4 is 23.3 Å². The zero-order chi connectivity index (χ0) is 14.7. The van der Waals surface area contributed by atoms with Crippen molar-refractivity contribution in [2.75, 3.05) is 12.3 Å². The molecule has 2 rings (SSSR count). The van der Waals surface area contributed by atoms with Crippen LogP contribution in [0.3, 0.4) is 0 Å². The van der Waals surface area contributed by atoms with Gasteiger partial charge in [0.2, 0.25) is 0 Å². The number of aromatic nitrogens is 2. The minimum Gasteiger partial charge on any atom is -0.383 e. The quantitative estimate of drug-likeness (QED) is 0.910. The highest BCUT2D eigenvalue weighted by molar-refractivity contribution is 6.33. The highest BCUT2D eigenvalue weighted by atomic mass is 35.5. The molecule has 5 nitrogen and oxygen atoms in total. The van der Waals surface area contributed by atoms with Gasteiger partial charge in [-0.1, -0.05) is 17.7 Å². The van der Waals surface area contributed by atoms with Gasteiger partial charge in [-0.25, -0.2) is 14.4 Å². The number of hydrogen-bond acceptors (Lipinski definition) is 4. The molecule has 1 aromatic carbocycles. The zero-order valence-corrected chi connectivity index (χ0v) is 11.4. The second-order valence-corrected chi connectivity index (χ2v) is 4.36. The van der Waals surface area contributed by atoms with E-state index in [9.17, 15) is 9.18 Å². The molecule has 0 aliphatic rings. The van der Waals surface area contributed by atoms with E-state index in [2.05, 4.69) is 15.3 Å². The zero-order valence-electron chi connectivity index (χ0n) is 10.7. The van der Waals surface area contributed by atoms with Crippen molar-refractivity contribution in [3.8, 4) is 11.4 Å². The smallest absolute Gasteiger partial charge is 0.256 e. The molecule has 3 N–H and O–H groups in total. The number of carbonyl (C=O) groups is 1. The first-order valence-electron chi connectivity index (χ1n) is 5.89. The predicted octanol–water partition coefficient (Wildman–Crippen LogP) is 2.27. The highest BCUT2D eigenvalue weighted by Gasteiger charge is 2.16. The Labute approximate surface area is 120 Å². The minimum atomic E-state index is -0.553. The Bertz CT molecular complexity index is 643. The lowest BCUT2D eigenvalue weighted by Crippen LogP contribution is -2.24. The largest absolute Gasteiger partial charge is 0.383 e. The molecule has 0 fully saturated rings. The summed E-state index contributed by atoms with van der Waals surface area (Å²) in [7, 11) is 0. The molecule has 0 saturated carbocycles. The summed E-state index contributed by atoms with van der Waals surface area (Å²) in [4.78, 5) is 19.6. The minimum absolute atomic E-state index is 0.0275. The average molecular weight is 295 g/mol. The molecule has 20 heavy (non-hydrogen) atoms. The molecule has 1 amide bonds. The molecule has 0 atom stereocenters. The molecule has 0 saturated heterocycles. The van der Waals surface area contributed by atoms with Crippen molar-refractivity contribution in [2.24, 2.45) is 0 Å². The molecular weight excluding hydrogens is 283 g/mol. The molecule has 2 aromatic rings. The summed E-state index contributed by atoms with van der Waals surface area (Å²) in [6, 6.07) is 4.25. The average Bonchev–Trinajstić information content (AvgIpc) is 2.38. The molecular formula is C13H12ClFN4O. The lowest BCUT2D eigenvalue weighted by Gasteiger charge is -2.08. The summed E-state index contributed by atoms with van der Waals surface area (Å²) in [5, 5.41) is 2.76. The number of benzene rings is 1. The molecule has 104 valence electrons. The van der Waals surface area contributed by atoms with Gasteiger partial charge in [-0.2, -0.15) is 0 Å². The van der Waals surface area contributed by atoms with Crippen LogP contribution in [0.25, 0.3) is 11.4 Å². The number of nitrogens with one attached hydrogen (secondary N) is 1. The first kappa shape index (κ1) is 14.2. The van der Waals surface area contributed by atoms with Gasteiger partial charge in [0, 0.05) is 12.7 Å². The number of anilines is 1. The van der Waals surface area contributed by atoms with Crippen molar-refractivity contribution < 1.29 is 9.18 Å². The molecule has 1 heterocycles. The van der Waals surface area contributed by atoms with Crippen LogP contribution >= 0.6 is 11.6 Å². The summed E-state index contributed by atoms with van der Waals surface area (Å²) < 4.78 is 13.8. The SMILES string of the molecule is CCNC(=O)c1cnc(-c2c(F)cccc2Cl)nc1N. The van der Waals surface area contributed by atoms with E-state index in [1.807, 2.05) is 0 Å². The third kappa shape index (κ3) is 2.70. The van der Waals surface area contributed by atoms with E-state index < -0.39 is 5.82 Å². The Kier molecular flexibility index (Phi) is 4.14. The second-order valence-electron chi connectivity index (χ2n) is 3.95. The van der Waals surface area contributed by atoms with Gasteiger partial charge in [-0.15, -0.1) is 0 Å². The molecule has 0 aliphatic heterocycles. The van der Waals surface area contributed by atoms with E-state index in [0.29, 0.717) is 6.54 Å². The molecule has 0 aliphatic carbocycles. The Morgan fingerprint density at radius 3 is 2.85 bits per heavy atom. The molecule has 0 radical (unpaired) electrons. The fraction of sp³-hybridized carbons (Fsp3) is 0.154. The van der Waals surface area contributed by atoms with Crippen LogP contribution in [0.15, 0.2) is 24.4 Å². The van der Waals surface area contributed by atoms with Crippen molar-refractivity contribution in [1.29, 1.82) is 0 Å². The third-order valence-electron chi connectivity index (χ3n) is 2.59. The van der Waals surface area contributed by atoms with Gasteiger partial charge >= 0.3 is 0 Å². The lowest BCUT2D eigenvalue weighted by molar-refractivity contribution is 0.0956. The normalized spacial score (nSPS) is 10.3. The van der Waals surface area contributed by atoms with Crippen LogP contribution in [-0.2, 0) is 0 Å². The van der Waals surface area contributed by atoms with E-state index in [4.69, 9.17) is 17.3 Å². The Morgan fingerprint density at radius 1 is 1.50 bits per heavy atom. The van der Waals surface area contributed by atoms with E-state index in [1.165, 1.54) is 24.4 Å². The van der Waals surface area contributed by atoms with Gasteiger partial charge < -0.3 is 11.1 Å².